The van der Waals surface area contributed by atoms with E-state index >= 15 is 0 Å². The largest absolute Gasteiger partial charge is 0.241 e. The fourth-order valence-electron chi connectivity index (χ4n) is 1.77. The van der Waals surface area contributed by atoms with Gasteiger partial charge < -0.3 is 0 Å². The Hall–Kier alpha value is -0.400. The smallest absolute Gasteiger partial charge is 0.207 e. The fourth-order valence-corrected chi connectivity index (χ4v) is 4.42. The SMILES string of the molecule is O=S(=O)(NC(CBr)c1ccccc1)c1ccc(Cl)c(Br)c1. The molecule has 0 aromatic heterocycles. The molecule has 3 nitrogen and oxygen atoms in total. The monoisotopic (exact) mass is 451 g/mol. The van der Waals surface area contributed by atoms with Gasteiger partial charge in [-0.05, 0) is 39.7 Å². The second-order valence-corrected chi connectivity index (χ2v) is 7.94. The lowest BCUT2D eigenvalue weighted by Gasteiger charge is -2.17. The van der Waals surface area contributed by atoms with Crippen molar-refractivity contribution in [1.82, 2.24) is 4.72 Å². The van der Waals surface area contributed by atoms with E-state index in [1.54, 1.807) is 6.07 Å². The Labute approximate surface area is 146 Å². The van der Waals surface area contributed by atoms with Crippen molar-refractivity contribution < 1.29 is 8.42 Å². The summed E-state index contributed by atoms with van der Waals surface area (Å²) in [4.78, 5) is 0.167. The van der Waals surface area contributed by atoms with Crippen molar-refractivity contribution in [1.29, 1.82) is 0 Å². The van der Waals surface area contributed by atoms with Crippen LogP contribution in [-0.4, -0.2) is 13.7 Å². The molecule has 0 amide bonds. The number of hydrogen-bond acceptors (Lipinski definition) is 2. The molecule has 0 aliphatic rings. The third kappa shape index (κ3) is 4.29. The van der Waals surface area contributed by atoms with Gasteiger partial charge in [0.25, 0.3) is 0 Å². The van der Waals surface area contributed by atoms with E-state index in [4.69, 9.17) is 11.6 Å². The predicted octanol–water partition coefficient (Wildman–Crippen LogP) is 4.52. The second kappa shape index (κ2) is 7.24. The Morgan fingerprint density at radius 3 is 2.38 bits per heavy atom. The van der Waals surface area contributed by atoms with E-state index in [1.807, 2.05) is 30.3 Å². The molecule has 0 saturated carbocycles. The highest BCUT2D eigenvalue weighted by atomic mass is 79.9. The first-order valence-corrected chi connectivity index (χ1v) is 9.80. The number of rotatable bonds is 5. The van der Waals surface area contributed by atoms with Crippen LogP contribution in [0.1, 0.15) is 11.6 Å². The number of hydrogen-bond donors (Lipinski definition) is 1. The Morgan fingerprint density at radius 1 is 1.14 bits per heavy atom. The van der Waals surface area contributed by atoms with Crippen LogP contribution in [0.5, 0.6) is 0 Å². The minimum atomic E-state index is -3.63. The highest BCUT2D eigenvalue weighted by Gasteiger charge is 2.21. The maximum Gasteiger partial charge on any atom is 0.241 e. The second-order valence-electron chi connectivity index (χ2n) is 4.31. The van der Waals surface area contributed by atoms with Crippen molar-refractivity contribution in [3.05, 3.63) is 63.6 Å². The average Bonchev–Trinajstić information content (AvgIpc) is 2.48. The molecule has 7 heteroatoms. The van der Waals surface area contributed by atoms with E-state index in [1.165, 1.54) is 12.1 Å². The fraction of sp³-hybridized carbons (Fsp3) is 0.143. The first kappa shape index (κ1) is 17.0. The first-order chi connectivity index (χ1) is 9.94. The maximum atomic E-state index is 12.4. The van der Waals surface area contributed by atoms with Crippen molar-refractivity contribution >= 4 is 53.5 Å². The van der Waals surface area contributed by atoms with Crippen molar-refractivity contribution in [2.75, 3.05) is 5.33 Å². The van der Waals surface area contributed by atoms with Gasteiger partial charge in [-0.2, -0.15) is 0 Å². The van der Waals surface area contributed by atoms with Gasteiger partial charge in [-0.25, -0.2) is 13.1 Å². The van der Waals surface area contributed by atoms with Crippen molar-refractivity contribution in [2.45, 2.75) is 10.9 Å². The van der Waals surface area contributed by atoms with E-state index in [2.05, 4.69) is 36.6 Å². The van der Waals surface area contributed by atoms with Crippen LogP contribution in [0.2, 0.25) is 5.02 Å². The van der Waals surface area contributed by atoms with Gasteiger partial charge in [-0.15, -0.1) is 0 Å². The molecule has 0 saturated heterocycles. The predicted molar refractivity (Wildman–Crippen MR) is 92.5 cm³/mol. The highest BCUT2D eigenvalue weighted by Crippen LogP contribution is 2.26. The Kier molecular flexibility index (Phi) is 5.85. The Bertz CT molecular complexity index is 723. The molecule has 2 aromatic carbocycles. The van der Waals surface area contributed by atoms with Crippen LogP contribution < -0.4 is 4.72 Å². The van der Waals surface area contributed by atoms with Crippen LogP contribution in [0.15, 0.2) is 57.9 Å². The molecule has 2 aromatic rings. The van der Waals surface area contributed by atoms with Crippen LogP contribution in [0.3, 0.4) is 0 Å². The quantitative estimate of drug-likeness (QED) is 0.677. The molecule has 0 fully saturated rings. The minimum absolute atomic E-state index is 0.167. The molecule has 1 unspecified atom stereocenters. The van der Waals surface area contributed by atoms with Crippen LogP contribution >= 0.6 is 43.5 Å². The summed E-state index contributed by atoms with van der Waals surface area (Å²) in [6, 6.07) is 13.6. The number of alkyl halides is 1. The molecule has 0 heterocycles. The molecule has 0 radical (unpaired) electrons. The van der Waals surface area contributed by atoms with Crippen molar-refractivity contribution in [3.8, 4) is 0 Å². The number of halogens is 3. The molecule has 21 heavy (non-hydrogen) atoms. The molecular formula is C14H12Br2ClNO2S. The van der Waals surface area contributed by atoms with E-state index in [0.717, 1.165) is 5.56 Å². The molecule has 0 aliphatic heterocycles. The standard InChI is InChI=1S/C14H12Br2ClNO2S/c15-9-14(10-4-2-1-3-5-10)18-21(19,20)11-6-7-13(17)12(16)8-11/h1-8,14,18H,9H2. The summed E-state index contributed by atoms with van der Waals surface area (Å²) in [6.07, 6.45) is 0. The van der Waals surface area contributed by atoms with Gasteiger partial charge in [0.1, 0.15) is 0 Å². The van der Waals surface area contributed by atoms with Gasteiger partial charge in [0, 0.05) is 9.80 Å². The number of sulfonamides is 1. The molecule has 1 atom stereocenters. The highest BCUT2D eigenvalue weighted by molar-refractivity contribution is 9.10. The molecule has 1 N–H and O–H groups in total. The maximum absolute atomic E-state index is 12.4. The summed E-state index contributed by atoms with van der Waals surface area (Å²) in [6.45, 7) is 0. The average molecular weight is 454 g/mol. The van der Waals surface area contributed by atoms with Gasteiger partial charge in [0.15, 0.2) is 0 Å². The molecule has 0 spiro atoms. The van der Waals surface area contributed by atoms with E-state index in [0.29, 0.717) is 14.8 Å². The normalized spacial score (nSPS) is 13.1. The third-order valence-corrected chi connectivity index (χ3v) is 6.19. The zero-order chi connectivity index (χ0) is 15.5. The number of nitrogens with one attached hydrogen (secondary N) is 1. The lowest BCUT2D eigenvalue weighted by atomic mass is 10.1. The Balaban J connectivity index is 2.29. The topological polar surface area (TPSA) is 46.2 Å². The van der Waals surface area contributed by atoms with Crippen LogP contribution in [-0.2, 0) is 10.0 Å². The Morgan fingerprint density at radius 2 is 1.81 bits per heavy atom. The summed E-state index contributed by atoms with van der Waals surface area (Å²) < 4.78 is 28.1. The van der Waals surface area contributed by atoms with Gasteiger partial charge in [-0.3, -0.25) is 0 Å². The van der Waals surface area contributed by atoms with Gasteiger partial charge in [0.05, 0.1) is 16.0 Å². The zero-order valence-electron chi connectivity index (χ0n) is 10.8. The van der Waals surface area contributed by atoms with Gasteiger partial charge >= 0.3 is 0 Å². The molecule has 0 aliphatic carbocycles. The summed E-state index contributed by atoms with van der Waals surface area (Å²) in [5.41, 5.74) is 0.894. The molecule has 0 bridgehead atoms. The summed E-state index contributed by atoms with van der Waals surface area (Å²) >= 11 is 12.5. The van der Waals surface area contributed by atoms with E-state index in [9.17, 15) is 8.42 Å². The van der Waals surface area contributed by atoms with Crippen molar-refractivity contribution in [2.24, 2.45) is 0 Å². The first-order valence-electron chi connectivity index (χ1n) is 6.02. The lowest BCUT2D eigenvalue weighted by Crippen LogP contribution is -2.29. The van der Waals surface area contributed by atoms with Crippen LogP contribution in [0.4, 0.5) is 0 Å². The van der Waals surface area contributed by atoms with E-state index in [-0.39, 0.29) is 10.9 Å². The summed E-state index contributed by atoms with van der Waals surface area (Å²) in [5.74, 6) is 0. The molecule has 2 rings (SSSR count). The summed E-state index contributed by atoms with van der Waals surface area (Å²) in [5, 5.41) is 0.944. The van der Waals surface area contributed by atoms with Crippen LogP contribution in [0.25, 0.3) is 0 Å². The molecular weight excluding hydrogens is 441 g/mol. The molecule has 112 valence electrons. The van der Waals surface area contributed by atoms with Crippen molar-refractivity contribution in [3.63, 3.8) is 0 Å². The van der Waals surface area contributed by atoms with Gasteiger partial charge in [-0.1, -0.05) is 57.9 Å². The van der Waals surface area contributed by atoms with Crippen LogP contribution in [0, 0.1) is 0 Å². The van der Waals surface area contributed by atoms with Gasteiger partial charge in [0.2, 0.25) is 10.0 Å². The van der Waals surface area contributed by atoms with E-state index < -0.39 is 10.0 Å². The summed E-state index contributed by atoms with van der Waals surface area (Å²) in [7, 11) is -3.63. The lowest BCUT2D eigenvalue weighted by molar-refractivity contribution is 0.569. The zero-order valence-corrected chi connectivity index (χ0v) is 15.5. The number of benzene rings is 2. The minimum Gasteiger partial charge on any atom is -0.207 e. The third-order valence-electron chi connectivity index (χ3n) is 2.86.